The number of ether oxygens (including phenoxy) is 1. The molecule has 0 fully saturated rings. The van der Waals surface area contributed by atoms with Crippen LogP contribution < -0.4 is 0 Å². The summed E-state index contributed by atoms with van der Waals surface area (Å²) in [4.78, 5) is 0. The Labute approximate surface area is 66.0 Å². The Morgan fingerprint density at radius 3 is 2.00 bits per heavy atom. The molecule has 0 heterocycles. The lowest BCUT2D eigenvalue weighted by Crippen LogP contribution is -2.27. The summed E-state index contributed by atoms with van der Waals surface area (Å²) in [6.45, 7) is 6.91. The lowest BCUT2D eigenvalue weighted by molar-refractivity contribution is 0.238. The van der Waals surface area contributed by atoms with Gasteiger partial charge >= 0.3 is 0 Å². The summed E-state index contributed by atoms with van der Waals surface area (Å²) in [5.41, 5.74) is 0. The zero-order valence-electron chi connectivity index (χ0n) is 5.70. The SMILES string of the molecule is C[Si](C)(C)COCI. The first-order valence-electron chi connectivity index (χ1n) is 2.70. The summed E-state index contributed by atoms with van der Waals surface area (Å²) >= 11 is 2.23. The Balaban J connectivity index is 3.11. The minimum Gasteiger partial charge on any atom is -0.374 e. The fourth-order valence-electron chi connectivity index (χ4n) is 0.345. The minimum absolute atomic E-state index is 0.835. The van der Waals surface area contributed by atoms with Crippen LogP contribution in [0.4, 0.5) is 0 Å². The molecule has 0 spiro atoms. The summed E-state index contributed by atoms with van der Waals surface area (Å²) in [5, 5.41) is 0. The molecule has 50 valence electrons. The molecule has 0 rings (SSSR count). The van der Waals surface area contributed by atoms with E-state index in [4.69, 9.17) is 4.74 Å². The van der Waals surface area contributed by atoms with E-state index in [1.54, 1.807) is 0 Å². The molecule has 3 heteroatoms. The van der Waals surface area contributed by atoms with Crippen molar-refractivity contribution >= 4 is 30.7 Å². The van der Waals surface area contributed by atoms with E-state index in [0.717, 1.165) is 10.8 Å². The highest BCUT2D eigenvalue weighted by atomic mass is 127. The second kappa shape index (κ2) is 3.84. The minimum atomic E-state index is -0.905. The van der Waals surface area contributed by atoms with Crippen molar-refractivity contribution in [3.63, 3.8) is 0 Å². The van der Waals surface area contributed by atoms with Crippen LogP contribution in [0.5, 0.6) is 0 Å². The Morgan fingerprint density at radius 2 is 1.88 bits per heavy atom. The van der Waals surface area contributed by atoms with Gasteiger partial charge in [-0.25, -0.2) is 0 Å². The Kier molecular flexibility index (Phi) is 4.28. The molecule has 0 aromatic heterocycles. The number of hydrogen-bond acceptors (Lipinski definition) is 1. The van der Waals surface area contributed by atoms with E-state index in [-0.39, 0.29) is 0 Å². The van der Waals surface area contributed by atoms with Crippen LogP contribution in [0.15, 0.2) is 0 Å². The average Bonchev–Trinajstić information content (AvgIpc) is 1.59. The molecular weight excluding hydrogens is 231 g/mol. The van der Waals surface area contributed by atoms with Crippen molar-refractivity contribution < 1.29 is 4.74 Å². The van der Waals surface area contributed by atoms with Crippen molar-refractivity contribution in [3.05, 3.63) is 0 Å². The number of halogens is 1. The number of hydrogen-bond donors (Lipinski definition) is 0. The summed E-state index contributed by atoms with van der Waals surface area (Å²) < 4.78 is 6.08. The van der Waals surface area contributed by atoms with E-state index in [9.17, 15) is 0 Å². The van der Waals surface area contributed by atoms with Gasteiger partial charge in [0.05, 0.1) is 12.7 Å². The predicted octanol–water partition coefficient (Wildman–Crippen LogP) is 2.27. The summed E-state index contributed by atoms with van der Waals surface area (Å²) in [5.74, 6) is 0. The Bertz CT molecular complexity index is 59.9. The summed E-state index contributed by atoms with van der Waals surface area (Å²) in [7, 11) is -0.905. The van der Waals surface area contributed by atoms with E-state index < -0.39 is 8.07 Å². The molecule has 0 atom stereocenters. The van der Waals surface area contributed by atoms with Crippen LogP contribution in [0.1, 0.15) is 0 Å². The lowest BCUT2D eigenvalue weighted by Gasteiger charge is -2.13. The van der Waals surface area contributed by atoms with Gasteiger partial charge in [-0.05, 0) is 0 Å². The highest BCUT2D eigenvalue weighted by Crippen LogP contribution is 2.00. The molecule has 0 aliphatic heterocycles. The maximum Gasteiger partial charge on any atom is 0.0975 e. The van der Waals surface area contributed by atoms with Crippen LogP contribution in [0.25, 0.3) is 0 Å². The predicted molar refractivity (Wildman–Crippen MR) is 48.2 cm³/mol. The molecule has 0 unspecified atom stereocenters. The van der Waals surface area contributed by atoms with Crippen molar-refractivity contribution in [3.8, 4) is 0 Å². The van der Waals surface area contributed by atoms with Crippen molar-refractivity contribution in [2.24, 2.45) is 0 Å². The van der Waals surface area contributed by atoms with Gasteiger partial charge in [0, 0.05) is 6.23 Å². The van der Waals surface area contributed by atoms with Gasteiger partial charge in [0.1, 0.15) is 0 Å². The molecule has 0 saturated heterocycles. The number of rotatable bonds is 3. The first-order chi connectivity index (χ1) is 3.56. The van der Waals surface area contributed by atoms with Crippen molar-refractivity contribution in [1.29, 1.82) is 0 Å². The molecule has 0 N–H and O–H groups in total. The van der Waals surface area contributed by atoms with Gasteiger partial charge in [-0.15, -0.1) is 0 Å². The summed E-state index contributed by atoms with van der Waals surface area (Å²) in [6.07, 6.45) is 0.996. The van der Waals surface area contributed by atoms with Crippen LogP contribution in [0, 0.1) is 0 Å². The first-order valence-corrected chi connectivity index (χ1v) is 7.93. The monoisotopic (exact) mass is 244 g/mol. The van der Waals surface area contributed by atoms with Crippen LogP contribution in [-0.4, -0.2) is 18.9 Å². The van der Waals surface area contributed by atoms with Gasteiger partial charge in [-0.2, -0.15) is 0 Å². The van der Waals surface area contributed by atoms with Crippen LogP contribution in [0.2, 0.25) is 19.6 Å². The third kappa shape index (κ3) is 6.91. The second-order valence-corrected chi connectivity index (χ2v) is 9.05. The number of alkyl halides is 1. The quantitative estimate of drug-likeness (QED) is 0.420. The highest BCUT2D eigenvalue weighted by Gasteiger charge is 2.11. The van der Waals surface area contributed by atoms with Gasteiger partial charge in [0.2, 0.25) is 0 Å². The van der Waals surface area contributed by atoms with E-state index in [2.05, 4.69) is 42.2 Å². The zero-order valence-corrected chi connectivity index (χ0v) is 8.86. The maximum absolute atomic E-state index is 5.25. The maximum atomic E-state index is 5.25. The second-order valence-electron chi connectivity index (χ2n) is 3.02. The van der Waals surface area contributed by atoms with Gasteiger partial charge in [0.25, 0.3) is 0 Å². The van der Waals surface area contributed by atoms with E-state index in [1.807, 2.05) is 0 Å². The van der Waals surface area contributed by atoms with Crippen LogP contribution in [-0.2, 0) is 4.74 Å². The topological polar surface area (TPSA) is 9.23 Å². The molecule has 0 aromatic carbocycles. The molecule has 8 heavy (non-hydrogen) atoms. The van der Waals surface area contributed by atoms with Crippen molar-refractivity contribution in [1.82, 2.24) is 0 Å². The molecule has 1 nitrogen and oxygen atoms in total. The van der Waals surface area contributed by atoms with E-state index >= 15 is 0 Å². The fourth-order valence-corrected chi connectivity index (χ4v) is 1.69. The molecular formula is C5H13IOSi. The lowest BCUT2D eigenvalue weighted by atomic mass is 11.5. The van der Waals surface area contributed by atoms with Crippen LogP contribution >= 0.6 is 22.6 Å². The van der Waals surface area contributed by atoms with Gasteiger partial charge in [-0.3, -0.25) is 0 Å². The molecule has 0 saturated carbocycles. The van der Waals surface area contributed by atoms with Crippen molar-refractivity contribution in [2.75, 3.05) is 10.8 Å². The standard InChI is InChI=1S/C5H13IOSi/c1-8(2,3)5-7-4-6/h4-5H2,1-3H3. The average molecular weight is 244 g/mol. The molecule has 0 amide bonds. The molecule has 0 radical (unpaired) electrons. The molecule has 0 aliphatic rings. The first kappa shape index (κ1) is 8.91. The van der Waals surface area contributed by atoms with Gasteiger partial charge in [0.15, 0.2) is 0 Å². The van der Waals surface area contributed by atoms with Crippen LogP contribution in [0.3, 0.4) is 0 Å². The molecule has 0 bridgehead atoms. The highest BCUT2D eigenvalue weighted by molar-refractivity contribution is 14.1. The third-order valence-electron chi connectivity index (χ3n) is 0.612. The zero-order chi connectivity index (χ0) is 6.62. The molecule has 0 aromatic rings. The van der Waals surface area contributed by atoms with Gasteiger partial charge in [-0.1, -0.05) is 42.2 Å². The van der Waals surface area contributed by atoms with E-state index in [1.165, 1.54) is 0 Å². The normalized spacial score (nSPS) is 12.0. The Morgan fingerprint density at radius 1 is 1.38 bits per heavy atom. The molecule has 0 aliphatic carbocycles. The fraction of sp³-hybridized carbons (Fsp3) is 1.00. The van der Waals surface area contributed by atoms with E-state index in [0.29, 0.717) is 0 Å². The van der Waals surface area contributed by atoms with Crippen molar-refractivity contribution in [2.45, 2.75) is 19.6 Å². The largest absolute Gasteiger partial charge is 0.374 e. The van der Waals surface area contributed by atoms with Gasteiger partial charge < -0.3 is 4.74 Å². The summed E-state index contributed by atoms with van der Waals surface area (Å²) in [6, 6.07) is 0. The third-order valence-corrected chi connectivity index (χ3v) is 2.12. The Hall–Kier alpha value is 0.907. The smallest absolute Gasteiger partial charge is 0.0975 e.